The van der Waals surface area contributed by atoms with Gasteiger partial charge in [0, 0.05) is 17.7 Å². The quantitative estimate of drug-likeness (QED) is 0.839. The van der Waals surface area contributed by atoms with Crippen molar-refractivity contribution < 1.29 is 4.79 Å². The Morgan fingerprint density at radius 2 is 2.15 bits per heavy atom. The van der Waals surface area contributed by atoms with Crippen molar-refractivity contribution in [2.45, 2.75) is 27.2 Å². The van der Waals surface area contributed by atoms with Crippen LogP contribution in [-0.2, 0) is 0 Å². The Labute approximate surface area is 125 Å². The van der Waals surface area contributed by atoms with Gasteiger partial charge in [0.05, 0.1) is 11.6 Å². The maximum Gasteiger partial charge on any atom is 0.251 e. The molecule has 3 N–H and O–H groups in total. The van der Waals surface area contributed by atoms with Gasteiger partial charge in [-0.25, -0.2) is 0 Å². The van der Waals surface area contributed by atoms with Crippen LogP contribution in [0.15, 0.2) is 18.2 Å². The lowest BCUT2D eigenvalue weighted by molar-refractivity contribution is 0.0935. The van der Waals surface area contributed by atoms with E-state index >= 15 is 0 Å². The minimum atomic E-state index is -0.119. The van der Waals surface area contributed by atoms with Crippen molar-refractivity contribution in [2.24, 2.45) is 11.1 Å². The fourth-order valence-corrected chi connectivity index (χ4v) is 1.68. The first-order valence-electron chi connectivity index (χ1n) is 6.66. The Bertz CT molecular complexity index is 541. The molecule has 0 saturated carbocycles. The molecule has 20 heavy (non-hydrogen) atoms. The summed E-state index contributed by atoms with van der Waals surface area (Å²) in [6.45, 7) is 7.25. The molecule has 0 heterocycles. The van der Waals surface area contributed by atoms with Gasteiger partial charge < -0.3 is 11.1 Å². The zero-order chi connectivity index (χ0) is 15.2. The summed E-state index contributed by atoms with van der Waals surface area (Å²) in [6, 6.07) is 5.10. The second-order valence-corrected chi connectivity index (χ2v) is 5.81. The molecule has 0 atom stereocenters. The lowest BCUT2D eigenvalue weighted by Gasteiger charge is -2.22. The van der Waals surface area contributed by atoms with Crippen LogP contribution >= 0.6 is 11.6 Å². The second kappa shape index (κ2) is 7.33. The molecule has 1 rings (SSSR count). The minimum absolute atomic E-state index is 0.0893. The lowest BCUT2D eigenvalue weighted by Crippen LogP contribution is -2.33. The molecule has 108 valence electrons. The van der Waals surface area contributed by atoms with E-state index in [0.717, 1.165) is 6.42 Å². The van der Waals surface area contributed by atoms with Gasteiger partial charge in [-0.15, -0.1) is 0 Å². The van der Waals surface area contributed by atoms with E-state index < -0.39 is 0 Å². The predicted molar refractivity (Wildman–Crippen MR) is 83.8 cm³/mol. The molecule has 3 nitrogen and oxygen atoms in total. The van der Waals surface area contributed by atoms with Gasteiger partial charge in [0.15, 0.2) is 0 Å². The maximum atomic E-state index is 12.1. The third-order valence-electron chi connectivity index (χ3n) is 3.24. The van der Waals surface area contributed by atoms with Crippen molar-refractivity contribution in [2.75, 3.05) is 13.1 Å². The van der Waals surface area contributed by atoms with E-state index in [1.165, 1.54) is 0 Å². The summed E-state index contributed by atoms with van der Waals surface area (Å²) in [4.78, 5) is 12.1. The fourth-order valence-electron chi connectivity index (χ4n) is 1.45. The number of carbonyl (C=O) groups excluding carboxylic acids is 1. The Morgan fingerprint density at radius 1 is 1.45 bits per heavy atom. The molecule has 1 amide bonds. The van der Waals surface area contributed by atoms with Crippen LogP contribution in [0.4, 0.5) is 0 Å². The van der Waals surface area contributed by atoms with Crippen molar-refractivity contribution >= 4 is 17.5 Å². The van der Waals surface area contributed by atoms with Gasteiger partial charge in [0.25, 0.3) is 5.91 Å². The number of hydrogen-bond acceptors (Lipinski definition) is 2. The smallest absolute Gasteiger partial charge is 0.251 e. The molecule has 0 aromatic heterocycles. The van der Waals surface area contributed by atoms with Crippen LogP contribution in [0.3, 0.4) is 0 Å². The van der Waals surface area contributed by atoms with Gasteiger partial charge in [-0.1, -0.05) is 44.2 Å². The number of amides is 1. The Hall–Kier alpha value is -1.50. The number of nitrogens with one attached hydrogen (secondary N) is 1. The summed E-state index contributed by atoms with van der Waals surface area (Å²) in [7, 11) is 0. The normalized spacial score (nSPS) is 10.7. The minimum Gasteiger partial charge on any atom is -0.352 e. The molecule has 1 aromatic carbocycles. The number of halogens is 1. The van der Waals surface area contributed by atoms with Gasteiger partial charge in [0.2, 0.25) is 0 Å². The van der Waals surface area contributed by atoms with E-state index in [9.17, 15) is 4.79 Å². The summed E-state index contributed by atoms with van der Waals surface area (Å²) in [5.74, 6) is 5.49. The van der Waals surface area contributed by atoms with E-state index in [1.807, 2.05) is 0 Å². The van der Waals surface area contributed by atoms with Crippen molar-refractivity contribution in [3.05, 3.63) is 34.3 Å². The maximum absolute atomic E-state index is 12.1. The van der Waals surface area contributed by atoms with Crippen molar-refractivity contribution in [1.82, 2.24) is 5.32 Å². The molecule has 1 aromatic rings. The SMILES string of the molecule is CCC(C)(C)CNC(=O)c1ccc(C#CCN)c(Cl)c1. The zero-order valence-corrected chi connectivity index (χ0v) is 13.0. The molecular weight excluding hydrogens is 272 g/mol. The molecule has 0 unspecified atom stereocenters. The molecule has 0 radical (unpaired) electrons. The van der Waals surface area contributed by atoms with E-state index in [2.05, 4.69) is 37.9 Å². The monoisotopic (exact) mass is 292 g/mol. The number of benzene rings is 1. The molecule has 0 aliphatic carbocycles. The van der Waals surface area contributed by atoms with Crippen LogP contribution in [0, 0.1) is 17.3 Å². The van der Waals surface area contributed by atoms with Gasteiger partial charge in [-0.2, -0.15) is 0 Å². The van der Waals surface area contributed by atoms with Crippen molar-refractivity contribution in [3.63, 3.8) is 0 Å². The summed E-state index contributed by atoms with van der Waals surface area (Å²) >= 11 is 6.10. The largest absolute Gasteiger partial charge is 0.352 e. The highest BCUT2D eigenvalue weighted by Gasteiger charge is 2.17. The Balaban J connectivity index is 2.78. The molecule has 0 aliphatic rings. The molecule has 4 heteroatoms. The van der Waals surface area contributed by atoms with Crippen LogP contribution in [0.25, 0.3) is 0 Å². The summed E-state index contributed by atoms with van der Waals surface area (Å²) in [6.07, 6.45) is 1.00. The van der Waals surface area contributed by atoms with Crippen molar-refractivity contribution in [1.29, 1.82) is 0 Å². The van der Waals surface area contributed by atoms with Crippen LogP contribution in [0.2, 0.25) is 5.02 Å². The average molecular weight is 293 g/mol. The molecule has 0 aliphatic heterocycles. The van der Waals surface area contributed by atoms with E-state index in [-0.39, 0.29) is 17.9 Å². The second-order valence-electron chi connectivity index (χ2n) is 5.40. The van der Waals surface area contributed by atoms with Gasteiger partial charge in [-0.3, -0.25) is 4.79 Å². The highest BCUT2D eigenvalue weighted by atomic mass is 35.5. The third kappa shape index (κ3) is 4.88. The molecule has 0 saturated heterocycles. The first kappa shape index (κ1) is 16.6. The predicted octanol–water partition coefficient (Wildman–Crippen LogP) is 2.82. The first-order valence-corrected chi connectivity index (χ1v) is 7.04. The standard InChI is InChI=1S/C16H21ClN2O/c1-4-16(2,3)11-19-15(20)13-8-7-12(6-5-9-18)14(17)10-13/h7-8,10H,4,9,11,18H2,1-3H3,(H,19,20). The molecule has 0 spiro atoms. The summed E-state index contributed by atoms with van der Waals surface area (Å²) < 4.78 is 0. The number of carbonyl (C=O) groups is 1. The van der Waals surface area contributed by atoms with E-state index in [1.54, 1.807) is 18.2 Å². The fraction of sp³-hybridized carbons (Fsp3) is 0.438. The summed E-state index contributed by atoms with van der Waals surface area (Å²) in [5, 5.41) is 3.39. The highest BCUT2D eigenvalue weighted by molar-refractivity contribution is 6.32. The third-order valence-corrected chi connectivity index (χ3v) is 3.55. The molecule has 0 fully saturated rings. The molecular formula is C16H21ClN2O. The van der Waals surface area contributed by atoms with E-state index in [4.69, 9.17) is 17.3 Å². The van der Waals surface area contributed by atoms with Crippen LogP contribution < -0.4 is 11.1 Å². The van der Waals surface area contributed by atoms with Gasteiger partial charge >= 0.3 is 0 Å². The van der Waals surface area contributed by atoms with Gasteiger partial charge in [0.1, 0.15) is 0 Å². The first-order chi connectivity index (χ1) is 9.39. The van der Waals surface area contributed by atoms with Crippen LogP contribution in [0.1, 0.15) is 43.1 Å². The summed E-state index contributed by atoms with van der Waals surface area (Å²) in [5.41, 5.74) is 6.63. The average Bonchev–Trinajstić information content (AvgIpc) is 2.43. The topological polar surface area (TPSA) is 55.1 Å². The van der Waals surface area contributed by atoms with Crippen molar-refractivity contribution in [3.8, 4) is 11.8 Å². The lowest BCUT2D eigenvalue weighted by atomic mass is 9.90. The number of hydrogen-bond donors (Lipinski definition) is 2. The van der Waals surface area contributed by atoms with Gasteiger partial charge in [-0.05, 0) is 30.0 Å². The zero-order valence-electron chi connectivity index (χ0n) is 12.2. The highest BCUT2D eigenvalue weighted by Crippen LogP contribution is 2.19. The number of rotatable bonds is 4. The number of nitrogens with two attached hydrogens (primary N) is 1. The van der Waals surface area contributed by atoms with Crippen LogP contribution in [-0.4, -0.2) is 19.0 Å². The molecule has 0 bridgehead atoms. The Morgan fingerprint density at radius 3 is 2.70 bits per heavy atom. The van der Waals surface area contributed by atoms with E-state index in [0.29, 0.717) is 22.7 Å². The Kier molecular flexibility index (Phi) is 6.06. The van der Waals surface area contributed by atoms with Crippen LogP contribution in [0.5, 0.6) is 0 Å².